The molecule has 0 rings (SSSR count). The predicted molar refractivity (Wildman–Crippen MR) is 54.6 cm³/mol. The maximum Gasteiger partial charge on any atom is 0.306 e. The van der Waals surface area contributed by atoms with E-state index in [-0.39, 0.29) is 11.8 Å². The van der Waals surface area contributed by atoms with Crippen molar-refractivity contribution in [2.24, 2.45) is 11.8 Å². The van der Waals surface area contributed by atoms with E-state index in [1.54, 1.807) is 6.92 Å². The molecule has 0 aliphatic carbocycles. The number of rotatable bonds is 5. The Balaban J connectivity index is 3.81. The lowest BCUT2D eigenvalue weighted by Gasteiger charge is -2.14. The van der Waals surface area contributed by atoms with E-state index in [4.69, 9.17) is 5.11 Å². The Kier molecular flexibility index (Phi) is 5.44. The summed E-state index contributed by atoms with van der Waals surface area (Å²) in [4.78, 5) is 10.6. The van der Waals surface area contributed by atoms with Crippen molar-refractivity contribution in [3.05, 3.63) is 11.6 Å². The first-order valence-corrected chi connectivity index (χ1v) is 4.81. The Morgan fingerprint density at radius 3 is 2.31 bits per heavy atom. The fourth-order valence-corrected chi connectivity index (χ4v) is 1.13. The first kappa shape index (κ1) is 12.2. The molecule has 1 N–H and O–H groups in total. The van der Waals surface area contributed by atoms with Crippen LogP contribution < -0.4 is 0 Å². The molecule has 13 heavy (non-hydrogen) atoms. The number of carboxylic acids is 1. The van der Waals surface area contributed by atoms with Gasteiger partial charge >= 0.3 is 5.97 Å². The summed E-state index contributed by atoms with van der Waals surface area (Å²) in [6, 6.07) is 0. The number of carbonyl (C=O) groups is 1. The van der Waals surface area contributed by atoms with Crippen molar-refractivity contribution in [2.45, 2.75) is 40.5 Å². The van der Waals surface area contributed by atoms with Crippen LogP contribution in [-0.4, -0.2) is 11.1 Å². The van der Waals surface area contributed by atoms with E-state index in [0.29, 0.717) is 0 Å². The van der Waals surface area contributed by atoms with Gasteiger partial charge in [0.2, 0.25) is 0 Å². The van der Waals surface area contributed by atoms with Crippen LogP contribution in [0.1, 0.15) is 40.5 Å². The molecule has 0 aliphatic heterocycles. The SMILES string of the molecule is CC(C)=CCCC(C)C(C)C(=O)O. The Labute approximate surface area is 80.7 Å². The second kappa shape index (κ2) is 5.79. The van der Waals surface area contributed by atoms with Gasteiger partial charge in [0, 0.05) is 0 Å². The largest absolute Gasteiger partial charge is 0.481 e. The molecule has 0 aromatic rings. The number of allylic oxidation sites excluding steroid dienone is 2. The van der Waals surface area contributed by atoms with Crippen molar-refractivity contribution < 1.29 is 9.90 Å². The van der Waals surface area contributed by atoms with Crippen LogP contribution in [0.2, 0.25) is 0 Å². The van der Waals surface area contributed by atoms with Crippen molar-refractivity contribution in [1.82, 2.24) is 0 Å². The molecule has 76 valence electrons. The number of aliphatic carboxylic acids is 1. The maximum absolute atomic E-state index is 10.6. The van der Waals surface area contributed by atoms with Crippen molar-refractivity contribution in [1.29, 1.82) is 0 Å². The smallest absolute Gasteiger partial charge is 0.306 e. The lowest BCUT2D eigenvalue weighted by atomic mass is 9.91. The molecular weight excluding hydrogens is 164 g/mol. The topological polar surface area (TPSA) is 37.3 Å². The van der Waals surface area contributed by atoms with Crippen LogP contribution in [0.3, 0.4) is 0 Å². The monoisotopic (exact) mass is 184 g/mol. The van der Waals surface area contributed by atoms with E-state index >= 15 is 0 Å². The molecule has 0 aromatic carbocycles. The van der Waals surface area contributed by atoms with Crippen molar-refractivity contribution >= 4 is 5.97 Å². The van der Waals surface area contributed by atoms with Crippen LogP contribution in [0.4, 0.5) is 0 Å². The average molecular weight is 184 g/mol. The predicted octanol–water partition coefficient (Wildman–Crippen LogP) is 3.09. The highest BCUT2D eigenvalue weighted by Gasteiger charge is 2.17. The normalized spacial score (nSPS) is 14.8. The summed E-state index contributed by atoms with van der Waals surface area (Å²) in [5.41, 5.74) is 1.30. The average Bonchev–Trinajstić information content (AvgIpc) is 2.02. The van der Waals surface area contributed by atoms with Crippen molar-refractivity contribution in [2.75, 3.05) is 0 Å². The number of hydrogen-bond donors (Lipinski definition) is 1. The second-order valence-corrected chi connectivity index (χ2v) is 3.96. The van der Waals surface area contributed by atoms with Gasteiger partial charge in [-0.25, -0.2) is 0 Å². The first-order chi connectivity index (χ1) is 5.95. The van der Waals surface area contributed by atoms with Gasteiger partial charge < -0.3 is 5.11 Å². The molecule has 0 aromatic heterocycles. The minimum atomic E-state index is -0.690. The fourth-order valence-electron chi connectivity index (χ4n) is 1.13. The van der Waals surface area contributed by atoms with Crippen molar-refractivity contribution in [3.8, 4) is 0 Å². The Hall–Kier alpha value is -0.790. The van der Waals surface area contributed by atoms with Gasteiger partial charge in [-0.05, 0) is 32.6 Å². The molecule has 0 saturated carbocycles. The lowest BCUT2D eigenvalue weighted by molar-refractivity contribution is -0.142. The molecule has 2 heteroatoms. The third-order valence-electron chi connectivity index (χ3n) is 2.42. The molecule has 0 fully saturated rings. The highest BCUT2D eigenvalue weighted by Crippen LogP contribution is 2.17. The minimum Gasteiger partial charge on any atom is -0.481 e. The number of carboxylic acid groups (broad SMARTS) is 1. The quantitative estimate of drug-likeness (QED) is 0.667. The number of hydrogen-bond acceptors (Lipinski definition) is 1. The Morgan fingerprint density at radius 2 is 1.92 bits per heavy atom. The summed E-state index contributed by atoms with van der Waals surface area (Å²) in [6.45, 7) is 7.89. The van der Waals surface area contributed by atoms with Gasteiger partial charge in [-0.15, -0.1) is 0 Å². The van der Waals surface area contributed by atoms with E-state index in [1.807, 2.05) is 6.92 Å². The molecule has 2 unspecified atom stereocenters. The van der Waals surface area contributed by atoms with Crippen LogP contribution in [0.25, 0.3) is 0 Å². The molecule has 0 aliphatic rings. The third-order valence-corrected chi connectivity index (χ3v) is 2.42. The summed E-state index contributed by atoms with van der Waals surface area (Å²) < 4.78 is 0. The highest BCUT2D eigenvalue weighted by atomic mass is 16.4. The van der Waals surface area contributed by atoms with Gasteiger partial charge in [-0.1, -0.05) is 25.5 Å². The van der Waals surface area contributed by atoms with Gasteiger partial charge in [-0.2, -0.15) is 0 Å². The zero-order valence-corrected chi connectivity index (χ0v) is 9.00. The molecular formula is C11H20O2. The molecule has 2 nitrogen and oxygen atoms in total. The summed E-state index contributed by atoms with van der Waals surface area (Å²) in [7, 11) is 0. The highest BCUT2D eigenvalue weighted by molar-refractivity contribution is 5.69. The molecule has 0 bridgehead atoms. The van der Waals surface area contributed by atoms with E-state index in [1.165, 1.54) is 5.57 Å². The van der Waals surface area contributed by atoms with Crippen LogP contribution in [0, 0.1) is 11.8 Å². The van der Waals surface area contributed by atoms with E-state index in [0.717, 1.165) is 12.8 Å². The van der Waals surface area contributed by atoms with Gasteiger partial charge in [0.1, 0.15) is 0 Å². The molecule has 0 spiro atoms. The van der Waals surface area contributed by atoms with Gasteiger partial charge in [0.25, 0.3) is 0 Å². The summed E-state index contributed by atoms with van der Waals surface area (Å²) in [6.07, 6.45) is 4.10. The zero-order valence-electron chi connectivity index (χ0n) is 9.00. The standard InChI is InChI=1S/C11H20O2/c1-8(2)6-5-7-9(3)10(4)11(12)13/h6,9-10H,5,7H2,1-4H3,(H,12,13). The van der Waals surface area contributed by atoms with E-state index in [2.05, 4.69) is 19.9 Å². The van der Waals surface area contributed by atoms with Crippen LogP contribution >= 0.6 is 0 Å². The summed E-state index contributed by atoms with van der Waals surface area (Å²) >= 11 is 0. The first-order valence-electron chi connectivity index (χ1n) is 4.81. The molecule has 0 radical (unpaired) electrons. The van der Waals surface area contributed by atoms with Crippen LogP contribution in [-0.2, 0) is 4.79 Å². The zero-order chi connectivity index (χ0) is 10.4. The van der Waals surface area contributed by atoms with Gasteiger partial charge in [0.05, 0.1) is 5.92 Å². The third kappa shape index (κ3) is 5.45. The molecule has 0 heterocycles. The van der Waals surface area contributed by atoms with Crippen LogP contribution in [0.5, 0.6) is 0 Å². The minimum absolute atomic E-state index is 0.231. The van der Waals surface area contributed by atoms with E-state index < -0.39 is 5.97 Å². The Morgan fingerprint density at radius 1 is 1.38 bits per heavy atom. The fraction of sp³-hybridized carbons (Fsp3) is 0.727. The van der Waals surface area contributed by atoms with Gasteiger partial charge in [-0.3, -0.25) is 4.79 Å². The molecule has 0 saturated heterocycles. The van der Waals surface area contributed by atoms with Crippen LogP contribution in [0.15, 0.2) is 11.6 Å². The summed E-state index contributed by atoms with van der Waals surface area (Å²) in [5.74, 6) is -0.664. The summed E-state index contributed by atoms with van der Waals surface area (Å²) in [5, 5.41) is 8.75. The molecule has 2 atom stereocenters. The Bertz CT molecular complexity index is 190. The second-order valence-electron chi connectivity index (χ2n) is 3.96. The van der Waals surface area contributed by atoms with Gasteiger partial charge in [0.15, 0.2) is 0 Å². The molecule has 0 amide bonds. The maximum atomic E-state index is 10.6. The van der Waals surface area contributed by atoms with Crippen molar-refractivity contribution in [3.63, 3.8) is 0 Å². The lowest BCUT2D eigenvalue weighted by Crippen LogP contribution is -2.17. The van der Waals surface area contributed by atoms with E-state index in [9.17, 15) is 4.79 Å².